The molecule has 0 amide bonds. The van der Waals surface area contributed by atoms with Gasteiger partial charge in [-0.05, 0) is 48.2 Å². The number of hydrogen-bond donors (Lipinski definition) is 1. The third kappa shape index (κ3) is 3.85. The molecule has 2 N–H and O–H groups in total. The minimum absolute atomic E-state index is 0.271. The smallest absolute Gasteiger partial charge is 0.126 e. The number of hydrogen-bond acceptors (Lipinski definition) is 1. The van der Waals surface area contributed by atoms with Gasteiger partial charge in [0.05, 0.1) is 0 Å². The lowest BCUT2D eigenvalue weighted by Crippen LogP contribution is -2.26. The molecule has 0 aliphatic rings. The van der Waals surface area contributed by atoms with Crippen molar-refractivity contribution in [1.29, 1.82) is 0 Å². The van der Waals surface area contributed by atoms with Crippen molar-refractivity contribution < 1.29 is 8.78 Å². The first kappa shape index (κ1) is 14.2. The first-order valence-corrected chi connectivity index (χ1v) is 6.78. The van der Waals surface area contributed by atoms with E-state index in [0.29, 0.717) is 24.0 Å². The summed E-state index contributed by atoms with van der Waals surface area (Å²) >= 11 is 3.30. The third-order valence-electron chi connectivity index (χ3n) is 2.93. The van der Waals surface area contributed by atoms with Crippen molar-refractivity contribution in [2.75, 3.05) is 0 Å². The van der Waals surface area contributed by atoms with Crippen LogP contribution in [0.1, 0.15) is 11.1 Å². The van der Waals surface area contributed by atoms with Gasteiger partial charge in [0.15, 0.2) is 0 Å². The molecule has 2 aromatic carbocycles. The average molecular weight is 326 g/mol. The Morgan fingerprint density at radius 2 is 1.58 bits per heavy atom. The van der Waals surface area contributed by atoms with Crippen molar-refractivity contribution in [3.8, 4) is 0 Å². The molecule has 0 aliphatic heterocycles. The maximum Gasteiger partial charge on any atom is 0.126 e. The zero-order valence-electron chi connectivity index (χ0n) is 10.2. The van der Waals surface area contributed by atoms with Crippen LogP contribution in [0.25, 0.3) is 0 Å². The van der Waals surface area contributed by atoms with E-state index in [0.717, 1.165) is 4.47 Å². The monoisotopic (exact) mass is 325 g/mol. The minimum atomic E-state index is -0.319. The zero-order chi connectivity index (χ0) is 13.8. The molecule has 0 spiro atoms. The molecule has 0 saturated carbocycles. The predicted molar refractivity (Wildman–Crippen MR) is 75.9 cm³/mol. The maximum absolute atomic E-state index is 13.6. The van der Waals surface area contributed by atoms with E-state index in [1.165, 1.54) is 12.1 Å². The van der Waals surface area contributed by atoms with Gasteiger partial charge in [0.1, 0.15) is 11.6 Å². The topological polar surface area (TPSA) is 26.0 Å². The Labute approximate surface area is 119 Å². The fraction of sp³-hybridized carbons (Fsp3) is 0.200. The number of nitrogens with two attached hydrogens (primary N) is 1. The molecule has 1 nitrogen and oxygen atoms in total. The molecular formula is C15H14BrF2N. The Kier molecular flexibility index (Phi) is 4.66. The van der Waals surface area contributed by atoms with Crippen LogP contribution in [0.3, 0.4) is 0 Å². The van der Waals surface area contributed by atoms with Crippen LogP contribution in [0.4, 0.5) is 8.78 Å². The summed E-state index contributed by atoms with van der Waals surface area (Å²) in [5.74, 6) is -0.556. The predicted octanol–water partition coefficient (Wildman–Crippen LogP) is 3.84. The van der Waals surface area contributed by atoms with E-state index < -0.39 is 0 Å². The normalized spacial score (nSPS) is 12.4. The molecule has 100 valence electrons. The van der Waals surface area contributed by atoms with Crippen molar-refractivity contribution >= 4 is 15.9 Å². The average Bonchev–Trinajstić information content (AvgIpc) is 2.37. The molecule has 0 aliphatic carbocycles. The summed E-state index contributed by atoms with van der Waals surface area (Å²) in [6, 6.07) is 10.9. The van der Waals surface area contributed by atoms with Crippen LogP contribution < -0.4 is 5.73 Å². The van der Waals surface area contributed by atoms with Gasteiger partial charge in [0.25, 0.3) is 0 Å². The van der Waals surface area contributed by atoms with Crippen LogP contribution in [-0.2, 0) is 12.8 Å². The van der Waals surface area contributed by atoms with E-state index in [1.807, 2.05) is 0 Å². The molecule has 0 radical (unpaired) electrons. The Bertz CT molecular complexity index is 572. The highest BCUT2D eigenvalue weighted by molar-refractivity contribution is 9.10. The molecule has 0 aromatic heterocycles. The second-order valence-corrected chi connectivity index (χ2v) is 5.41. The summed E-state index contributed by atoms with van der Waals surface area (Å²) < 4.78 is 27.9. The van der Waals surface area contributed by atoms with Crippen LogP contribution in [0.5, 0.6) is 0 Å². The molecular weight excluding hydrogens is 312 g/mol. The van der Waals surface area contributed by atoms with Crippen molar-refractivity contribution in [3.05, 3.63) is 69.7 Å². The largest absolute Gasteiger partial charge is 0.327 e. The standard InChI is InChI=1S/C15H14BrF2N/c16-12-5-6-15(18)11(7-12)9-13(19)8-10-3-1-2-4-14(10)17/h1-7,13H,8-9,19H2. The lowest BCUT2D eigenvalue weighted by Gasteiger charge is -2.13. The van der Waals surface area contributed by atoms with Gasteiger partial charge in [0, 0.05) is 10.5 Å². The molecule has 1 unspecified atom stereocenters. The summed E-state index contributed by atoms with van der Waals surface area (Å²) in [5.41, 5.74) is 7.08. The van der Waals surface area contributed by atoms with Gasteiger partial charge < -0.3 is 5.73 Å². The summed E-state index contributed by atoms with van der Waals surface area (Å²) in [6.07, 6.45) is 0.762. The molecule has 0 fully saturated rings. The van der Waals surface area contributed by atoms with E-state index in [4.69, 9.17) is 5.73 Å². The molecule has 1 atom stereocenters. The lowest BCUT2D eigenvalue weighted by atomic mass is 9.99. The highest BCUT2D eigenvalue weighted by Gasteiger charge is 2.11. The minimum Gasteiger partial charge on any atom is -0.327 e. The van der Waals surface area contributed by atoms with Gasteiger partial charge in [-0.25, -0.2) is 8.78 Å². The molecule has 19 heavy (non-hydrogen) atoms. The van der Waals surface area contributed by atoms with Crippen LogP contribution in [0.15, 0.2) is 46.9 Å². The molecule has 0 bridgehead atoms. The summed E-state index contributed by atoms with van der Waals surface area (Å²) in [6.45, 7) is 0. The van der Waals surface area contributed by atoms with Crippen molar-refractivity contribution in [1.82, 2.24) is 0 Å². The van der Waals surface area contributed by atoms with Crippen LogP contribution >= 0.6 is 15.9 Å². The summed E-state index contributed by atoms with van der Waals surface area (Å²) in [5, 5.41) is 0. The second-order valence-electron chi connectivity index (χ2n) is 4.50. The molecule has 2 aromatic rings. The Morgan fingerprint density at radius 3 is 2.32 bits per heavy atom. The van der Waals surface area contributed by atoms with Crippen molar-refractivity contribution in [3.63, 3.8) is 0 Å². The van der Waals surface area contributed by atoms with E-state index >= 15 is 0 Å². The second kappa shape index (κ2) is 6.26. The first-order chi connectivity index (χ1) is 9.06. The number of halogens is 3. The molecule has 4 heteroatoms. The Morgan fingerprint density at radius 1 is 0.947 bits per heavy atom. The fourth-order valence-corrected chi connectivity index (χ4v) is 2.41. The Hall–Kier alpha value is -1.26. The van der Waals surface area contributed by atoms with Gasteiger partial charge in [-0.2, -0.15) is 0 Å². The maximum atomic E-state index is 13.6. The quantitative estimate of drug-likeness (QED) is 0.908. The summed E-state index contributed by atoms with van der Waals surface area (Å²) in [4.78, 5) is 0. The first-order valence-electron chi connectivity index (χ1n) is 5.99. The van der Waals surface area contributed by atoms with E-state index in [9.17, 15) is 8.78 Å². The van der Waals surface area contributed by atoms with Crippen LogP contribution in [0, 0.1) is 11.6 Å². The number of benzene rings is 2. The van der Waals surface area contributed by atoms with Gasteiger partial charge >= 0.3 is 0 Å². The highest BCUT2D eigenvalue weighted by Crippen LogP contribution is 2.18. The zero-order valence-corrected chi connectivity index (χ0v) is 11.8. The van der Waals surface area contributed by atoms with E-state index in [-0.39, 0.29) is 17.7 Å². The van der Waals surface area contributed by atoms with E-state index in [1.54, 1.807) is 30.3 Å². The van der Waals surface area contributed by atoms with E-state index in [2.05, 4.69) is 15.9 Å². The molecule has 2 rings (SSSR count). The lowest BCUT2D eigenvalue weighted by molar-refractivity contribution is 0.565. The third-order valence-corrected chi connectivity index (χ3v) is 3.42. The van der Waals surface area contributed by atoms with Gasteiger partial charge in [0.2, 0.25) is 0 Å². The highest BCUT2D eigenvalue weighted by atomic mass is 79.9. The fourth-order valence-electron chi connectivity index (χ4n) is 2.00. The van der Waals surface area contributed by atoms with Crippen molar-refractivity contribution in [2.45, 2.75) is 18.9 Å². The number of rotatable bonds is 4. The van der Waals surface area contributed by atoms with Gasteiger partial charge in [-0.15, -0.1) is 0 Å². The van der Waals surface area contributed by atoms with Gasteiger partial charge in [-0.1, -0.05) is 34.1 Å². The van der Waals surface area contributed by atoms with Crippen LogP contribution in [-0.4, -0.2) is 6.04 Å². The van der Waals surface area contributed by atoms with Gasteiger partial charge in [-0.3, -0.25) is 0 Å². The molecule has 0 heterocycles. The molecule has 0 saturated heterocycles. The SMILES string of the molecule is NC(Cc1ccccc1F)Cc1cc(Br)ccc1F. The summed E-state index contributed by atoms with van der Waals surface area (Å²) in [7, 11) is 0. The van der Waals surface area contributed by atoms with Crippen molar-refractivity contribution in [2.24, 2.45) is 5.73 Å². The Balaban J connectivity index is 2.07. The van der Waals surface area contributed by atoms with Crippen LogP contribution in [0.2, 0.25) is 0 Å².